The van der Waals surface area contributed by atoms with Gasteiger partial charge in [-0.25, -0.2) is 13.2 Å². The maximum absolute atomic E-state index is 12.2. The molecule has 98 valence electrons. The van der Waals surface area contributed by atoms with E-state index in [2.05, 4.69) is 0 Å². The molecule has 1 aromatic rings. The van der Waals surface area contributed by atoms with Gasteiger partial charge >= 0.3 is 6.09 Å². The Kier molecular flexibility index (Phi) is 3.30. The summed E-state index contributed by atoms with van der Waals surface area (Å²) in [5, 5.41) is 0. The summed E-state index contributed by atoms with van der Waals surface area (Å²) in [5.41, 5.74) is 0.962. The minimum atomic E-state index is -3.79. The second-order valence-electron chi connectivity index (χ2n) is 4.26. The van der Waals surface area contributed by atoms with E-state index >= 15 is 0 Å². The van der Waals surface area contributed by atoms with Crippen molar-refractivity contribution in [2.75, 3.05) is 6.54 Å². The molecule has 2 rings (SSSR count). The molecule has 0 bridgehead atoms. The standard InChI is InChI=1S/C12H15NO4S/c1-3-10-8-13(12(14)17-10)18(15,16)11-6-4-9(2)5-7-11/h4-7,10H,3,8H2,1-2H3. The minimum absolute atomic E-state index is 0.0888. The van der Waals surface area contributed by atoms with Gasteiger partial charge in [-0.15, -0.1) is 0 Å². The van der Waals surface area contributed by atoms with E-state index in [4.69, 9.17) is 4.74 Å². The lowest BCUT2D eigenvalue weighted by Crippen LogP contribution is -2.32. The van der Waals surface area contributed by atoms with Gasteiger partial charge in [0.2, 0.25) is 0 Å². The molecule has 1 aliphatic rings. The first-order valence-corrected chi connectivity index (χ1v) is 7.19. The van der Waals surface area contributed by atoms with E-state index in [0.29, 0.717) is 6.42 Å². The summed E-state index contributed by atoms with van der Waals surface area (Å²) < 4.78 is 30.2. The molecule has 0 aliphatic carbocycles. The molecule has 1 unspecified atom stereocenters. The van der Waals surface area contributed by atoms with Gasteiger partial charge in [0.25, 0.3) is 10.0 Å². The first-order chi connectivity index (χ1) is 8.45. The molecule has 1 fully saturated rings. The summed E-state index contributed by atoms with van der Waals surface area (Å²) in [4.78, 5) is 11.7. The zero-order valence-electron chi connectivity index (χ0n) is 10.3. The van der Waals surface area contributed by atoms with Crippen LogP contribution >= 0.6 is 0 Å². The monoisotopic (exact) mass is 269 g/mol. The number of sulfonamides is 1. The van der Waals surface area contributed by atoms with Crippen molar-refractivity contribution < 1.29 is 17.9 Å². The van der Waals surface area contributed by atoms with Gasteiger partial charge in [0.05, 0.1) is 11.4 Å². The van der Waals surface area contributed by atoms with Gasteiger partial charge in [-0.3, -0.25) is 0 Å². The van der Waals surface area contributed by atoms with Crippen LogP contribution in [-0.4, -0.2) is 31.5 Å². The van der Waals surface area contributed by atoms with Crippen LogP contribution in [0, 0.1) is 6.92 Å². The Bertz CT molecular complexity index is 550. The Balaban J connectivity index is 2.32. The maximum atomic E-state index is 12.2. The second kappa shape index (κ2) is 4.61. The Hall–Kier alpha value is -1.56. The molecule has 0 aromatic heterocycles. The van der Waals surface area contributed by atoms with Gasteiger partial charge in [0, 0.05) is 0 Å². The molecule has 1 aliphatic heterocycles. The number of hydrogen-bond donors (Lipinski definition) is 0. The van der Waals surface area contributed by atoms with E-state index in [-0.39, 0.29) is 17.5 Å². The van der Waals surface area contributed by atoms with E-state index in [1.165, 1.54) is 12.1 Å². The normalized spacial score (nSPS) is 20.0. The van der Waals surface area contributed by atoms with Crippen molar-refractivity contribution in [3.05, 3.63) is 29.8 Å². The fraction of sp³-hybridized carbons (Fsp3) is 0.417. The van der Waals surface area contributed by atoms with Gasteiger partial charge in [-0.05, 0) is 25.5 Å². The SMILES string of the molecule is CCC1CN(S(=O)(=O)c2ccc(C)cc2)C(=O)O1. The minimum Gasteiger partial charge on any atom is -0.443 e. The van der Waals surface area contributed by atoms with Crippen molar-refractivity contribution in [2.45, 2.75) is 31.3 Å². The van der Waals surface area contributed by atoms with Crippen molar-refractivity contribution in [2.24, 2.45) is 0 Å². The largest absolute Gasteiger partial charge is 0.443 e. The molecule has 0 radical (unpaired) electrons. The van der Waals surface area contributed by atoms with Crippen molar-refractivity contribution in [3.8, 4) is 0 Å². The average Bonchev–Trinajstić information content (AvgIpc) is 2.72. The van der Waals surface area contributed by atoms with E-state index in [1.54, 1.807) is 12.1 Å². The summed E-state index contributed by atoms with van der Waals surface area (Å²) in [6.07, 6.45) is -0.536. The number of nitrogens with zero attached hydrogens (tertiary/aromatic N) is 1. The Morgan fingerprint density at radius 3 is 2.44 bits per heavy atom. The van der Waals surface area contributed by atoms with E-state index in [0.717, 1.165) is 9.87 Å². The zero-order valence-corrected chi connectivity index (χ0v) is 11.1. The highest BCUT2D eigenvalue weighted by molar-refractivity contribution is 7.89. The summed E-state index contributed by atoms with van der Waals surface area (Å²) in [5.74, 6) is 0. The molecule has 0 N–H and O–H groups in total. The number of rotatable bonds is 3. The Labute approximate surface area is 106 Å². The highest BCUT2D eigenvalue weighted by Crippen LogP contribution is 2.23. The molecular weight excluding hydrogens is 254 g/mol. The Morgan fingerprint density at radius 2 is 1.94 bits per heavy atom. The molecule has 1 amide bonds. The third kappa shape index (κ3) is 2.20. The number of ether oxygens (including phenoxy) is 1. The predicted molar refractivity (Wildman–Crippen MR) is 65.6 cm³/mol. The van der Waals surface area contributed by atoms with E-state index in [9.17, 15) is 13.2 Å². The highest BCUT2D eigenvalue weighted by Gasteiger charge is 2.39. The van der Waals surface area contributed by atoms with Crippen LogP contribution in [0.2, 0.25) is 0 Å². The molecule has 0 spiro atoms. The van der Waals surface area contributed by atoms with Crippen LogP contribution in [0.3, 0.4) is 0 Å². The third-order valence-electron chi connectivity index (χ3n) is 2.90. The molecule has 1 aromatic carbocycles. The number of carbonyl (C=O) groups is 1. The number of carbonyl (C=O) groups excluding carboxylic acids is 1. The van der Waals surface area contributed by atoms with Gasteiger partial charge in [0.1, 0.15) is 6.10 Å². The average molecular weight is 269 g/mol. The van der Waals surface area contributed by atoms with E-state index in [1.807, 2.05) is 13.8 Å². The first kappa shape index (κ1) is 12.9. The molecule has 1 saturated heterocycles. The van der Waals surface area contributed by atoms with Gasteiger partial charge in [0.15, 0.2) is 0 Å². The maximum Gasteiger partial charge on any atom is 0.424 e. The third-order valence-corrected chi connectivity index (χ3v) is 4.65. The summed E-state index contributed by atoms with van der Waals surface area (Å²) in [6.45, 7) is 3.80. The fourth-order valence-electron chi connectivity index (χ4n) is 1.74. The van der Waals surface area contributed by atoms with Gasteiger partial charge in [-0.1, -0.05) is 24.6 Å². The summed E-state index contributed by atoms with van der Waals surface area (Å²) in [6, 6.07) is 6.39. The van der Waals surface area contributed by atoms with Crippen LogP contribution in [0.15, 0.2) is 29.2 Å². The summed E-state index contributed by atoms with van der Waals surface area (Å²) in [7, 11) is -3.79. The lowest BCUT2D eigenvalue weighted by atomic mass is 10.2. The topological polar surface area (TPSA) is 63.7 Å². The van der Waals surface area contributed by atoms with Crippen LogP contribution < -0.4 is 0 Å². The number of aryl methyl sites for hydroxylation is 1. The molecule has 0 saturated carbocycles. The van der Waals surface area contributed by atoms with Crippen molar-refractivity contribution in [1.82, 2.24) is 4.31 Å². The lowest BCUT2D eigenvalue weighted by Gasteiger charge is -2.13. The summed E-state index contributed by atoms with van der Waals surface area (Å²) >= 11 is 0. The van der Waals surface area contributed by atoms with Crippen LogP contribution in [0.5, 0.6) is 0 Å². The van der Waals surface area contributed by atoms with Crippen LogP contribution in [0.1, 0.15) is 18.9 Å². The second-order valence-corrected chi connectivity index (χ2v) is 6.13. The van der Waals surface area contributed by atoms with Crippen LogP contribution in [0.4, 0.5) is 4.79 Å². The van der Waals surface area contributed by atoms with Crippen molar-refractivity contribution in [1.29, 1.82) is 0 Å². The molecule has 18 heavy (non-hydrogen) atoms. The first-order valence-electron chi connectivity index (χ1n) is 5.75. The van der Waals surface area contributed by atoms with Gasteiger partial charge in [-0.2, -0.15) is 4.31 Å². The van der Waals surface area contributed by atoms with Crippen molar-refractivity contribution >= 4 is 16.1 Å². The molecule has 1 heterocycles. The Morgan fingerprint density at radius 1 is 1.33 bits per heavy atom. The molecule has 1 atom stereocenters. The van der Waals surface area contributed by atoms with Crippen LogP contribution in [0.25, 0.3) is 0 Å². The smallest absolute Gasteiger partial charge is 0.424 e. The number of benzene rings is 1. The zero-order chi connectivity index (χ0) is 13.3. The fourth-order valence-corrected chi connectivity index (χ4v) is 3.08. The van der Waals surface area contributed by atoms with Crippen molar-refractivity contribution in [3.63, 3.8) is 0 Å². The lowest BCUT2D eigenvalue weighted by molar-refractivity contribution is 0.135. The van der Waals surface area contributed by atoms with E-state index < -0.39 is 16.1 Å². The number of cyclic esters (lactones) is 1. The highest BCUT2D eigenvalue weighted by atomic mass is 32.2. The number of hydrogen-bond acceptors (Lipinski definition) is 4. The van der Waals surface area contributed by atoms with Gasteiger partial charge < -0.3 is 4.74 Å². The molecular formula is C12H15NO4S. The predicted octanol–water partition coefficient (Wildman–Crippen LogP) is 1.91. The van der Waals surface area contributed by atoms with Crippen LogP contribution in [-0.2, 0) is 14.8 Å². The number of amides is 1. The quantitative estimate of drug-likeness (QED) is 0.841. The molecule has 5 nitrogen and oxygen atoms in total. The molecule has 6 heteroatoms.